The summed E-state index contributed by atoms with van der Waals surface area (Å²) in [4.78, 5) is 23.1. The van der Waals surface area contributed by atoms with E-state index in [1.165, 1.54) is 6.92 Å². The second-order valence-electron chi connectivity index (χ2n) is 5.02. The number of rotatable bonds is 4. The van der Waals surface area contributed by atoms with Gasteiger partial charge in [0.05, 0.1) is 0 Å². The number of carboxylic acids is 1. The van der Waals surface area contributed by atoms with Crippen molar-refractivity contribution < 1.29 is 14.7 Å². The number of carbonyl (C=O) groups excluding carboxylic acids is 1. The van der Waals surface area contributed by atoms with Crippen molar-refractivity contribution >= 4 is 23.5 Å². The van der Waals surface area contributed by atoms with Crippen LogP contribution in [0.4, 0.5) is 0 Å². The number of benzene rings is 2. The molecule has 1 atom stereocenters. The molecule has 5 heteroatoms. The molecule has 0 heterocycles. The minimum absolute atomic E-state index is 0.406. The van der Waals surface area contributed by atoms with E-state index in [-0.39, 0.29) is 0 Å². The Morgan fingerprint density at radius 3 is 2.50 bits per heavy atom. The van der Waals surface area contributed by atoms with Crippen molar-refractivity contribution in [1.29, 1.82) is 0 Å². The number of aliphatic carboxylic acids is 1. The summed E-state index contributed by atoms with van der Waals surface area (Å²) in [6.45, 7) is 3.26. The van der Waals surface area contributed by atoms with E-state index in [2.05, 4.69) is 5.32 Å². The standard InChI is InChI=1S/C17H16ClNO3/c1-10-14(12-5-3-6-13(18)9-12)7-4-8-15(10)16(20)19-11(2)17(21)22/h3-9,11H,1-2H3,(H,19,20)(H,21,22). The van der Waals surface area contributed by atoms with E-state index in [0.717, 1.165) is 16.7 Å². The maximum atomic E-state index is 12.2. The molecule has 0 bridgehead atoms. The number of halogens is 1. The van der Waals surface area contributed by atoms with Crippen molar-refractivity contribution in [2.45, 2.75) is 19.9 Å². The molecule has 0 spiro atoms. The number of carbonyl (C=O) groups is 2. The first-order valence-electron chi connectivity index (χ1n) is 6.79. The molecule has 2 rings (SSSR count). The van der Waals surface area contributed by atoms with E-state index in [0.29, 0.717) is 10.6 Å². The summed E-state index contributed by atoms with van der Waals surface area (Å²) in [5.41, 5.74) is 3.02. The van der Waals surface area contributed by atoms with E-state index >= 15 is 0 Å². The number of hydrogen-bond acceptors (Lipinski definition) is 2. The van der Waals surface area contributed by atoms with Gasteiger partial charge < -0.3 is 10.4 Å². The summed E-state index contributed by atoms with van der Waals surface area (Å²) in [5.74, 6) is -1.48. The molecule has 0 aromatic heterocycles. The number of hydrogen-bond donors (Lipinski definition) is 2. The van der Waals surface area contributed by atoms with Crippen molar-refractivity contribution in [3.05, 3.63) is 58.6 Å². The summed E-state index contributed by atoms with van der Waals surface area (Å²) in [7, 11) is 0. The maximum Gasteiger partial charge on any atom is 0.325 e. The number of nitrogens with one attached hydrogen (secondary N) is 1. The van der Waals surface area contributed by atoms with Gasteiger partial charge in [-0.1, -0.05) is 35.9 Å². The van der Waals surface area contributed by atoms with E-state index in [9.17, 15) is 9.59 Å². The normalized spacial score (nSPS) is 11.8. The van der Waals surface area contributed by atoms with Crippen molar-refractivity contribution in [3.8, 4) is 11.1 Å². The molecule has 22 heavy (non-hydrogen) atoms. The Morgan fingerprint density at radius 1 is 1.18 bits per heavy atom. The third-order valence-corrected chi connectivity index (χ3v) is 3.67. The highest BCUT2D eigenvalue weighted by molar-refractivity contribution is 6.30. The van der Waals surface area contributed by atoms with Gasteiger partial charge in [0.25, 0.3) is 5.91 Å². The molecular formula is C17H16ClNO3. The fourth-order valence-corrected chi connectivity index (χ4v) is 2.38. The zero-order valence-electron chi connectivity index (χ0n) is 12.3. The zero-order chi connectivity index (χ0) is 16.3. The molecule has 4 nitrogen and oxygen atoms in total. The largest absolute Gasteiger partial charge is 0.480 e. The fraction of sp³-hybridized carbons (Fsp3) is 0.176. The van der Waals surface area contributed by atoms with Gasteiger partial charge in [-0.2, -0.15) is 0 Å². The molecular weight excluding hydrogens is 302 g/mol. The Morgan fingerprint density at radius 2 is 1.86 bits per heavy atom. The van der Waals surface area contributed by atoms with Crippen LogP contribution in [-0.4, -0.2) is 23.0 Å². The Bertz CT molecular complexity index is 728. The SMILES string of the molecule is Cc1c(C(=O)NC(C)C(=O)O)cccc1-c1cccc(Cl)c1. The lowest BCUT2D eigenvalue weighted by Crippen LogP contribution is -2.38. The Hall–Kier alpha value is -2.33. The van der Waals surface area contributed by atoms with Gasteiger partial charge in [0.1, 0.15) is 6.04 Å². The molecule has 1 unspecified atom stereocenters. The van der Waals surface area contributed by atoms with Gasteiger partial charge in [0.2, 0.25) is 0 Å². The Labute approximate surface area is 133 Å². The van der Waals surface area contributed by atoms with E-state index in [1.54, 1.807) is 18.2 Å². The molecule has 0 radical (unpaired) electrons. The summed E-state index contributed by atoms with van der Waals surface area (Å²) >= 11 is 6.01. The predicted octanol–water partition coefficient (Wildman–Crippen LogP) is 3.52. The van der Waals surface area contributed by atoms with Crippen LogP contribution in [0, 0.1) is 6.92 Å². The van der Waals surface area contributed by atoms with Crippen LogP contribution in [0.25, 0.3) is 11.1 Å². The van der Waals surface area contributed by atoms with Crippen molar-refractivity contribution in [2.75, 3.05) is 0 Å². The van der Waals surface area contributed by atoms with Crippen LogP contribution >= 0.6 is 11.6 Å². The fourth-order valence-electron chi connectivity index (χ4n) is 2.19. The molecule has 0 aliphatic carbocycles. The highest BCUT2D eigenvalue weighted by Crippen LogP contribution is 2.27. The highest BCUT2D eigenvalue weighted by Gasteiger charge is 2.18. The van der Waals surface area contributed by atoms with E-state index in [1.807, 2.05) is 31.2 Å². The average molecular weight is 318 g/mol. The van der Waals surface area contributed by atoms with Gasteiger partial charge in [-0.05, 0) is 48.7 Å². The average Bonchev–Trinajstić information content (AvgIpc) is 2.47. The van der Waals surface area contributed by atoms with Gasteiger partial charge in [-0.3, -0.25) is 9.59 Å². The second kappa shape index (κ2) is 6.62. The van der Waals surface area contributed by atoms with Crippen LogP contribution < -0.4 is 5.32 Å². The minimum atomic E-state index is -1.07. The van der Waals surface area contributed by atoms with Gasteiger partial charge in [-0.15, -0.1) is 0 Å². The third kappa shape index (κ3) is 3.46. The van der Waals surface area contributed by atoms with Crippen molar-refractivity contribution in [3.63, 3.8) is 0 Å². The molecule has 0 saturated heterocycles. The first kappa shape index (κ1) is 16.0. The topological polar surface area (TPSA) is 66.4 Å². The molecule has 2 aromatic carbocycles. The van der Waals surface area contributed by atoms with Gasteiger partial charge in [0.15, 0.2) is 0 Å². The van der Waals surface area contributed by atoms with Crippen LogP contribution in [0.5, 0.6) is 0 Å². The van der Waals surface area contributed by atoms with Gasteiger partial charge >= 0.3 is 5.97 Å². The first-order chi connectivity index (χ1) is 10.4. The molecule has 0 fully saturated rings. The molecule has 0 saturated carbocycles. The summed E-state index contributed by atoms with van der Waals surface area (Å²) in [6.07, 6.45) is 0. The van der Waals surface area contributed by atoms with Crippen LogP contribution in [-0.2, 0) is 4.79 Å². The summed E-state index contributed by atoms with van der Waals surface area (Å²) in [6, 6.07) is 11.8. The van der Waals surface area contributed by atoms with E-state index in [4.69, 9.17) is 16.7 Å². The predicted molar refractivity (Wildman–Crippen MR) is 86.2 cm³/mol. The first-order valence-corrected chi connectivity index (χ1v) is 7.17. The molecule has 114 valence electrons. The van der Waals surface area contributed by atoms with Crippen molar-refractivity contribution in [1.82, 2.24) is 5.32 Å². The maximum absolute atomic E-state index is 12.2. The van der Waals surface area contributed by atoms with Crippen LogP contribution in [0.2, 0.25) is 5.02 Å². The van der Waals surface area contributed by atoms with Crippen molar-refractivity contribution in [2.24, 2.45) is 0 Å². The van der Waals surface area contributed by atoms with Crippen LogP contribution in [0.1, 0.15) is 22.8 Å². The number of carboxylic acid groups (broad SMARTS) is 1. The van der Waals surface area contributed by atoms with Crippen LogP contribution in [0.15, 0.2) is 42.5 Å². The number of amides is 1. The lowest BCUT2D eigenvalue weighted by molar-refractivity contribution is -0.138. The molecule has 2 aromatic rings. The zero-order valence-corrected chi connectivity index (χ0v) is 13.0. The smallest absolute Gasteiger partial charge is 0.325 e. The van der Waals surface area contributed by atoms with Crippen LogP contribution in [0.3, 0.4) is 0 Å². The molecule has 2 N–H and O–H groups in total. The monoisotopic (exact) mass is 317 g/mol. The Kier molecular flexibility index (Phi) is 4.83. The molecule has 0 aliphatic rings. The lowest BCUT2D eigenvalue weighted by Gasteiger charge is -2.14. The second-order valence-corrected chi connectivity index (χ2v) is 5.46. The minimum Gasteiger partial charge on any atom is -0.480 e. The quantitative estimate of drug-likeness (QED) is 0.906. The highest BCUT2D eigenvalue weighted by atomic mass is 35.5. The van der Waals surface area contributed by atoms with E-state index < -0.39 is 17.9 Å². The summed E-state index contributed by atoms with van der Waals surface area (Å²) < 4.78 is 0. The van der Waals surface area contributed by atoms with Gasteiger partial charge in [0, 0.05) is 10.6 Å². The van der Waals surface area contributed by atoms with Gasteiger partial charge in [-0.25, -0.2) is 0 Å². The summed E-state index contributed by atoms with van der Waals surface area (Å²) in [5, 5.41) is 12.0. The Balaban J connectivity index is 2.38. The lowest BCUT2D eigenvalue weighted by atomic mass is 9.96. The third-order valence-electron chi connectivity index (χ3n) is 3.43. The molecule has 1 amide bonds. The molecule has 0 aliphatic heterocycles.